The first-order chi connectivity index (χ1) is 9.13. The van der Waals surface area contributed by atoms with E-state index in [0.29, 0.717) is 17.8 Å². The Morgan fingerprint density at radius 2 is 1.63 bits per heavy atom. The normalized spacial score (nSPS) is 10.5. The van der Waals surface area contributed by atoms with E-state index in [4.69, 9.17) is 5.11 Å². The zero-order valence-electron chi connectivity index (χ0n) is 10.6. The molecule has 0 saturated heterocycles. The Bertz CT molecular complexity index is 555. The molecule has 0 amide bonds. The summed E-state index contributed by atoms with van der Waals surface area (Å²) in [4.78, 5) is 1.85. The lowest BCUT2D eigenvalue weighted by Gasteiger charge is -2.24. The monoisotopic (exact) mass is 263 g/mol. The van der Waals surface area contributed by atoms with Crippen molar-refractivity contribution in [2.24, 2.45) is 0 Å². The van der Waals surface area contributed by atoms with E-state index in [1.54, 1.807) is 18.2 Å². The molecule has 4 heteroatoms. The van der Waals surface area contributed by atoms with Crippen molar-refractivity contribution in [3.8, 4) is 0 Å². The molecule has 0 spiro atoms. The van der Waals surface area contributed by atoms with Crippen LogP contribution in [0.15, 0.2) is 42.5 Å². The third-order valence-corrected chi connectivity index (χ3v) is 2.89. The molecule has 19 heavy (non-hydrogen) atoms. The van der Waals surface area contributed by atoms with E-state index < -0.39 is 5.82 Å². The third kappa shape index (κ3) is 3.09. The molecule has 2 aromatic rings. The SMILES string of the molecule is CCN(c1ccc(F)cc1)c1cc(F)cc(CO)c1. The zero-order chi connectivity index (χ0) is 13.8. The fourth-order valence-electron chi connectivity index (χ4n) is 2.02. The van der Waals surface area contributed by atoms with Crippen molar-refractivity contribution in [3.05, 3.63) is 59.7 Å². The quantitative estimate of drug-likeness (QED) is 0.910. The van der Waals surface area contributed by atoms with Crippen LogP contribution in [-0.2, 0) is 6.61 Å². The summed E-state index contributed by atoms with van der Waals surface area (Å²) in [5.74, 6) is -0.711. The number of hydrogen-bond acceptors (Lipinski definition) is 2. The summed E-state index contributed by atoms with van der Waals surface area (Å²) in [6.07, 6.45) is 0. The zero-order valence-corrected chi connectivity index (χ0v) is 10.6. The molecular weight excluding hydrogens is 248 g/mol. The van der Waals surface area contributed by atoms with Crippen LogP contribution in [0.3, 0.4) is 0 Å². The standard InChI is InChI=1S/C15H15F2NO/c1-2-18(14-5-3-12(16)4-6-14)15-8-11(10-19)7-13(17)9-15/h3-9,19H,2,10H2,1H3. The van der Waals surface area contributed by atoms with Crippen LogP contribution in [0.5, 0.6) is 0 Å². The maximum absolute atomic E-state index is 13.5. The van der Waals surface area contributed by atoms with Gasteiger partial charge in [0.25, 0.3) is 0 Å². The summed E-state index contributed by atoms with van der Waals surface area (Å²) in [6.45, 7) is 2.32. The molecule has 0 unspecified atom stereocenters. The summed E-state index contributed by atoms with van der Waals surface area (Å²) in [5.41, 5.74) is 1.92. The fraction of sp³-hybridized carbons (Fsp3) is 0.200. The van der Waals surface area contributed by atoms with Crippen LogP contribution < -0.4 is 4.90 Å². The highest BCUT2D eigenvalue weighted by molar-refractivity contribution is 5.63. The lowest BCUT2D eigenvalue weighted by Crippen LogP contribution is -2.16. The summed E-state index contributed by atoms with van der Waals surface area (Å²) in [5, 5.41) is 9.11. The Labute approximate surface area is 110 Å². The molecule has 0 atom stereocenters. The average Bonchev–Trinajstić information content (AvgIpc) is 2.41. The van der Waals surface area contributed by atoms with Crippen LogP contribution in [0, 0.1) is 11.6 Å². The topological polar surface area (TPSA) is 23.5 Å². The van der Waals surface area contributed by atoms with Crippen LogP contribution in [0.4, 0.5) is 20.2 Å². The van der Waals surface area contributed by atoms with Gasteiger partial charge >= 0.3 is 0 Å². The maximum atomic E-state index is 13.5. The second-order valence-electron chi connectivity index (χ2n) is 4.20. The molecular formula is C15H15F2NO. The van der Waals surface area contributed by atoms with Crippen molar-refractivity contribution in [2.45, 2.75) is 13.5 Å². The number of benzene rings is 2. The van der Waals surface area contributed by atoms with Crippen molar-refractivity contribution in [3.63, 3.8) is 0 Å². The molecule has 2 nitrogen and oxygen atoms in total. The van der Waals surface area contributed by atoms with E-state index in [0.717, 1.165) is 5.69 Å². The van der Waals surface area contributed by atoms with E-state index in [1.165, 1.54) is 24.3 Å². The van der Waals surface area contributed by atoms with Crippen LogP contribution in [0.1, 0.15) is 12.5 Å². The number of rotatable bonds is 4. The second kappa shape index (κ2) is 5.80. The minimum Gasteiger partial charge on any atom is -0.392 e. The van der Waals surface area contributed by atoms with Gasteiger partial charge in [-0.3, -0.25) is 0 Å². The van der Waals surface area contributed by atoms with Gasteiger partial charge in [-0.2, -0.15) is 0 Å². The Morgan fingerprint density at radius 3 is 2.21 bits per heavy atom. The predicted molar refractivity (Wildman–Crippen MR) is 71.4 cm³/mol. The van der Waals surface area contributed by atoms with E-state index in [-0.39, 0.29) is 12.4 Å². The van der Waals surface area contributed by atoms with Crippen LogP contribution in [-0.4, -0.2) is 11.7 Å². The highest BCUT2D eigenvalue weighted by Gasteiger charge is 2.10. The van der Waals surface area contributed by atoms with E-state index >= 15 is 0 Å². The average molecular weight is 263 g/mol. The summed E-state index contributed by atoms with van der Waals surface area (Å²) >= 11 is 0. The molecule has 2 rings (SSSR count). The van der Waals surface area contributed by atoms with Gasteiger partial charge in [0.1, 0.15) is 11.6 Å². The third-order valence-electron chi connectivity index (χ3n) is 2.89. The van der Waals surface area contributed by atoms with E-state index in [1.807, 2.05) is 11.8 Å². The molecule has 0 saturated carbocycles. The van der Waals surface area contributed by atoms with Gasteiger partial charge in [0.15, 0.2) is 0 Å². The summed E-state index contributed by atoms with van der Waals surface area (Å²) in [7, 11) is 0. The van der Waals surface area contributed by atoms with Crippen LogP contribution in [0.2, 0.25) is 0 Å². The van der Waals surface area contributed by atoms with Crippen LogP contribution >= 0.6 is 0 Å². The molecule has 100 valence electrons. The molecule has 0 fully saturated rings. The molecule has 0 aliphatic heterocycles. The molecule has 0 bridgehead atoms. The van der Waals surface area contributed by atoms with Gasteiger partial charge in [-0.1, -0.05) is 0 Å². The van der Waals surface area contributed by atoms with Crippen molar-refractivity contribution in [2.75, 3.05) is 11.4 Å². The Hall–Kier alpha value is -1.94. The van der Waals surface area contributed by atoms with E-state index in [9.17, 15) is 8.78 Å². The van der Waals surface area contributed by atoms with Crippen molar-refractivity contribution < 1.29 is 13.9 Å². The largest absolute Gasteiger partial charge is 0.392 e. The van der Waals surface area contributed by atoms with Crippen molar-refractivity contribution in [1.82, 2.24) is 0 Å². The number of halogens is 2. The first-order valence-corrected chi connectivity index (χ1v) is 6.07. The first kappa shape index (κ1) is 13.5. The van der Waals surface area contributed by atoms with Crippen molar-refractivity contribution in [1.29, 1.82) is 0 Å². The number of nitrogens with zero attached hydrogens (tertiary/aromatic N) is 1. The number of aliphatic hydroxyl groups is 1. The van der Waals surface area contributed by atoms with Gasteiger partial charge in [-0.25, -0.2) is 8.78 Å². The van der Waals surface area contributed by atoms with Gasteiger partial charge in [0, 0.05) is 17.9 Å². The maximum Gasteiger partial charge on any atom is 0.125 e. The summed E-state index contributed by atoms with van der Waals surface area (Å²) < 4.78 is 26.4. The fourth-order valence-corrected chi connectivity index (χ4v) is 2.02. The molecule has 1 N–H and O–H groups in total. The number of hydrogen-bond donors (Lipinski definition) is 1. The molecule has 0 aliphatic rings. The first-order valence-electron chi connectivity index (χ1n) is 6.07. The highest BCUT2D eigenvalue weighted by atomic mass is 19.1. The molecule has 2 aromatic carbocycles. The predicted octanol–water partition coefficient (Wildman–Crippen LogP) is 3.62. The van der Waals surface area contributed by atoms with Gasteiger partial charge in [-0.05, 0) is 55.0 Å². The highest BCUT2D eigenvalue weighted by Crippen LogP contribution is 2.27. The summed E-state index contributed by atoms with van der Waals surface area (Å²) in [6, 6.07) is 10.4. The second-order valence-corrected chi connectivity index (χ2v) is 4.20. The lowest BCUT2D eigenvalue weighted by molar-refractivity contribution is 0.281. The number of anilines is 2. The van der Waals surface area contributed by atoms with E-state index in [2.05, 4.69) is 0 Å². The van der Waals surface area contributed by atoms with Gasteiger partial charge < -0.3 is 10.0 Å². The Kier molecular flexibility index (Phi) is 4.12. The molecule has 0 aromatic heterocycles. The van der Waals surface area contributed by atoms with Crippen molar-refractivity contribution >= 4 is 11.4 Å². The minimum atomic E-state index is -0.401. The lowest BCUT2D eigenvalue weighted by atomic mass is 10.1. The Balaban J connectivity index is 2.41. The Morgan fingerprint density at radius 1 is 0.947 bits per heavy atom. The minimum absolute atomic E-state index is 0.217. The molecule has 0 heterocycles. The van der Waals surface area contributed by atoms with Gasteiger partial charge in [0.05, 0.1) is 6.61 Å². The number of aliphatic hydroxyl groups excluding tert-OH is 1. The van der Waals surface area contributed by atoms with Gasteiger partial charge in [0.2, 0.25) is 0 Å². The molecule has 0 radical (unpaired) electrons. The van der Waals surface area contributed by atoms with Crippen LogP contribution in [0.25, 0.3) is 0 Å². The molecule has 0 aliphatic carbocycles. The smallest absolute Gasteiger partial charge is 0.125 e. The van der Waals surface area contributed by atoms with Gasteiger partial charge in [-0.15, -0.1) is 0 Å².